The first kappa shape index (κ1) is 17.3. The van der Waals surface area contributed by atoms with Crippen molar-refractivity contribution in [2.75, 3.05) is 25.9 Å². The molecule has 0 spiro atoms. The lowest BCUT2D eigenvalue weighted by atomic mass is 9.94. The first-order chi connectivity index (χ1) is 10.9. The molecular formula is C16H27N3O2S2. The molecule has 1 fully saturated rings. The van der Waals surface area contributed by atoms with E-state index in [1.165, 1.54) is 28.4 Å². The molecule has 1 aliphatic carbocycles. The summed E-state index contributed by atoms with van der Waals surface area (Å²) in [5.74, 6) is 0.190. The summed E-state index contributed by atoms with van der Waals surface area (Å²) < 4.78 is 25.7. The number of sulfonamides is 1. The van der Waals surface area contributed by atoms with Crippen LogP contribution in [0.3, 0.4) is 0 Å². The Hall–Kier alpha value is -0.500. The van der Waals surface area contributed by atoms with E-state index in [2.05, 4.69) is 16.8 Å². The molecule has 7 heteroatoms. The smallest absolute Gasteiger partial charge is 0.213 e. The Bertz CT molecular complexity index is 648. The van der Waals surface area contributed by atoms with Crippen LogP contribution in [0.25, 0.3) is 0 Å². The number of aryl methyl sites for hydroxylation is 2. The molecule has 1 saturated heterocycles. The average Bonchev–Trinajstić information content (AvgIpc) is 2.94. The lowest BCUT2D eigenvalue weighted by Crippen LogP contribution is -2.47. The quantitative estimate of drug-likeness (QED) is 0.831. The van der Waals surface area contributed by atoms with Crippen molar-refractivity contribution >= 4 is 21.4 Å². The van der Waals surface area contributed by atoms with Gasteiger partial charge < -0.3 is 0 Å². The van der Waals surface area contributed by atoms with Crippen molar-refractivity contribution in [2.24, 2.45) is 0 Å². The second-order valence-electron chi connectivity index (χ2n) is 6.64. The Morgan fingerprint density at radius 2 is 2.00 bits per heavy atom. The van der Waals surface area contributed by atoms with Crippen LogP contribution in [-0.2, 0) is 16.4 Å². The molecular weight excluding hydrogens is 330 g/mol. The van der Waals surface area contributed by atoms with Gasteiger partial charge in [0.05, 0.1) is 16.5 Å². The Kier molecular flexibility index (Phi) is 5.11. The van der Waals surface area contributed by atoms with Gasteiger partial charge >= 0.3 is 0 Å². The highest BCUT2D eigenvalue weighted by molar-refractivity contribution is 7.89. The molecule has 5 nitrogen and oxygen atoms in total. The molecule has 1 aromatic heterocycles. The zero-order valence-electron chi connectivity index (χ0n) is 14.3. The van der Waals surface area contributed by atoms with Crippen molar-refractivity contribution in [3.05, 3.63) is 15.6 Å². The standard InChI is InChI=1S/C16H27N3O2S2/c1-4-23(20,21)18(3)13-8-10-19(11-9-13)15-7-5-6-14-16(15)22-12(2)17-14/h13,15H,4-11H2,1-3H3. The van der Waals surface area contributed by atoms with E-state index in [-0.39, 0.29) is 11.8 Å². The summed E-state index contributed by atoms with van der Waals surface area (Å²) in [4.78, 5) is 8.70. The minimum absolute atomic E-state index is 0.155. The van der Waals surface area contributed by atoms with Crippen molar-refractivity contribution in [1.82, 2.24) is 14.2 Å². The topological polar surface area (TPSA) is 53.5 Å². The summed E-state index contributed by atoms with van der Waals surface area (Å²) in [7, 11) is -1.34. The average molecular weight is 358 g/mol. The molecule has 2 heterocycles. The third kappa shape index (κ3) is 3.48. The summed E-state index contributed by atoms with van der Waals surface area (Å²) in [6.07, 6.45) is 5.40. The molecule has 3 rings (SSSR count). The highest BCUT2D eigenvalue weighted by Crippen LogP contribution is 2.39. The fourth-order valence-corrected chi connectivity index (χ4v) is 6.07. The molecule has 1 aliphatic heterocycles. The van der Waals surface area contributed by atoms with E-state index in [0.29, 0.717) is 6.04 Å². The van der Waals surface area contributed by atoms with E-state index in [1.807, 2.05) is 11.3 Å². The first-order valence-corrected chi connectivity index (χ1v) is 11.0. The Morgan fingerprint density at radius 3 is 2.65 bits per heavy atom. The monoisotopic (exact) mass is 357 g/mol. The van der Waals surface area contributed by atoms with Crippen LogP contribution in [0, 0.1) is 6.92 Å². The van der Waals surface area contributed by atoms with Crippen LogP contribution in [0.15, 0.2) is 0 Å². The number of hydrogen-bond acceptors (Lipinski definition) is 5. The second-order valence-corrected chi connectivity index (χ2v) is 10.2. The van der Waals surface area contributed by atoms with Crippen LogP contribution in [0.1, 0.15) is 54.2 Å². The van der Waals surface area contributed by atoms with Crippen molar-refractivity contribution < 1.29 is 8.42 Å². The van der Waals surface area contributed by atoms with E-state index in [4.69, 9.17) is 0 Å². The normalized spacial score (nSPS) is 24.1. The molecule has 1 unspecified atom stereocenters. The Labute approximate surface area is 143 Å². The van der Waals surface area contributed by atoms with E-state index in [0.717, 1.165) is 32.4 Å². The number of aromatic nitrogens is 1. The molecule has 0 amide bonds. The number of nitrogens with zero attached hydrogens (tertiary/aromatic N) is 3. The zero-order valence-corrected chi connectivity index (χ0v) is 15.9. The largest absolute Gasteiger partial charge is 0.295 e. The predicted molar refractivity (Wildman–Crippen MR) is 94.3 cm³/mol. The van der Waals surface area contributed by atoms with Crippen molar-refractivity contribution in [1.29, 1.82) is 0 Å². The van der Waals surface area contributed by atoms with E-state index < -0.39 is 10.0 Å². The van der Waals surface area contributed by atoms with Gasteiger partial charge in [-0.05, 0) is 46.0 Å². The van der Waals surface area contributed by atoms with Crippen molar-refractivity contribution in [2.45, 2.75) is 58.0 Å². The maximum atomic E-state index is 12.1. The van der Waals surface area contributed by atoms with Crippen LogP contribution >= 0.6 is 11.3 Å². The first-order valence-electron chi connectivity index (χ1n) is 8.58. The molecule has 1 aromatic rings. The molecule has 2 aliphatic rings. The summed E-state index contributed by atoms with van der Waals surface area (Å²) in [5.41, 5.74) is 1.30. The molecule has 0 aromatic carbocycles. The number of hydrogen-bond donors (Lipinski definition) is 0. The maximum Gasteiger partial charge on any atom is 0.213 e. The lowest BCUT2D eigenvalue weighted by molar-refractivity contribution is 0.116. The minimum atomic E-state index is -3.08. The van der Waals surface area contributed by atoms with E-state index in [1.54, 1.807) is 18.3 Å². The number of likely N-dealkylation sites (tertiary alicyclic amines) is 1. The van der Waals surface area contributed by atoms with Gasteiger partial charge in [-0.1, -0.05) is 0 Å². The predicted octanol–water partition coefficient (Wildman–Crippen LogP) is 2.57. The van der Waals surface area contributed by atoms with Crippen LogP contribution in [-0.4, -0.2) is 54.5 Å². The Balaban J connectivity index is 1.66. The number of thiazole rings is 1. The summed E-state index contributed by atoms with van der Waals surface area (Å²) in [5, 5.41) is 1.17. The Morgan fingerprint density at radius 1 is 1.30 bits per heavy atom. The van der Waals surface area contributed by atoms with Gasteiger partial charge in [-0.2, -0.15) is 0 Å². The van der Waals surface area contributed by atoms with Crippen LogP contribution < -0.4 is 0 Å². The molecule has 0 bridgehead atoms. The van der Waals surface area contributed by atoms with Gasteiger partial charge in [0.2, 0.25) is 10.0 Å². The summed E-state index contributed by atoms with van der Waals surface area (Å²) in [6.45, 7) is 5.78. The fraction of sp³-hybridized carbons (Fsp3) is 0.812. The molecule has 23 heavy (non-hydrogen) atoms. The summed E-state index contributed by atoms with van der Waals surface area (Å²) >= 11 is 1.85. The van der Waals surface area contributed by atoms with Gasteiger partial charge in [0.15, 0.2) is 0 Å². The number of fused-ring (bicyclic) bond motifs is 1. The third-order valence-corrected chi connectivity index (χ3v) is 8.31. The molecule has 130 valence electrons. The molecule has 0 saturated carbocycles. The van der Waals surface area contributed by atoms with Crippen molar-refractivity contribution in [3.63, 3.8) is 0 Å². The highest BCUT2D eigenvalue weighted by Gasteiger charge is 2.34. The zero-order chi connectivity index (χ0) is 16.6. The van der Waals surface area contributed by atoms with E-state index in [9.17, 15) is 8.42 Å². The fourth-order valence-electron chi connectivity index (χ4n) is 3.86. The van der Waals surface area contributed by atoms with Gasteiger partial charge in [-0.25, -0.2) is 17.7 Å². The van der Waals surface area contributed by atoms with Crippen molar-refractivity contribution in [3.8, 4) is 0 Å². The van der Waals surface area contributed by atoms with Gasteiger partial charge in [0, 0.05) is 37.1 Å². The van der Waals surface area contributed by atoms with Gasteiger partial charge in [0.1, 0.15) is 0 Å². The second kappa shape index (κ2) is 6.78. The lowest BCUT2D eigenvalue weighted by Gasteiger charge is -2.40. The third-order valence-electron chi connectivity index (χ3n) is 5.29. The number of piperidine rings is 1. The molecule has 0 N–H and O–H groups in total. The molecule has 0 radical (unpaired) electrons. The maximum absolute atomic E-state index is 12.1. The van der Waals surface area contributed by atoms with Crippen LogP contribution in [0.4, 0.5) is 0 Å². The molecule has 1 atom stereocenters. The number of rotatable bonds is 4. The van der Waals surface area contributed by atoms with Gasteiger partial charge in [0.25, 0.3) is 0 Å². The minimum Gasteiger partial charge on any atom is -0.295 e. The van der Waals surface area contributed by atoms with Crippen LogP contribution in [0.5, 0.6) is 0 Å². The van der Waals surface area contributed by atoms with Gasteiger partial charge in [-0.3, -0.25) is 4.90 Å². The highest BCUT2D eigenvalue weighted by atomic mass is 32.2. The summed E-state index contributed by atoms with van der Waals surface area (Å²) in [6, 6.07) is 0.654. The van der Waals surface area contributed by atoms with Crippen LogP contribution in [0.2, 0.25) is 0 Å². The SMILES string of the molecule is CCS(=O)(=O)N(C)C1CCN(C2CCCc3nc(C)sc32)CC1. The van der Waals surface area contributed by atoms with Gasteiger partial charge in [-0.15, -0.1) is 11.3 Å². The van der Waals surface area contributed by atoms with E-state index >= 15 is 0 Å².